The molecule has 0 aromatic heterocycles. The molecule has 0 bridgehead atoms. The Morgan fingerprint density at radius 2 is 1.91 bits per heavy atom. The predicted molar refractivity (Wildman–Crippen MR) is 131 cm³/mol. The molecular weight excluding hydrogens is 400 g/mol. The van der Waals surface area contributed by atoms with E-state index in [1.807, 2.05) is 12.1 Å². The summed E-state index contributed by atoms with van der Waals surface area (Å²) in [4.78, 5) is 11.9. The number of rotatable bonds is 13. The van der Waals surface area contributed by atoms with Crippen molar-refractivity contribution in [1.82, 2.24) is 0 Å². The molecule has 4 nitrogen and oxygen atoms in total. The molecule has 0 spiro atoms. The van der Waals surface area contributed by atoms with Gasteiger partial charge >= 0.3 is 5.97 Å². The molecule has 0 saturated carbocycles. The van der Waals surface area contributed by atoms with Gasteiger partial charge in [0.25, 0.3) is 0 Å². The third-order valence-electron chi connectivity index (χ3n) is 7.45. The van der Waals surface area contributed by atoms with Crippen LogP contribution < -0.4 is 4.74 Å². The van der Waals surface area contributed by atoms with Crippen molar-refractivity contribution < 1.29 is 19.4 Å². The zero-order valence-corrected chi connectivity index (χ0v) is 21.1. The molecule has 1 aliphatic rings. The lowest BCUT2D eigenvalue weighted by molar-refractivity contribution is -0.148. The van der Waals surface area contributed by atoms with Crippen molar-refractivity contribution in [2.75, 3.05) is 7.11 Å². The smallest absolute Gasteiger partial charge is 0.311 e. The fourth-order valence-electron chi connectivity index (χ4n) is 5.18. The van der Waals surface area contributed by atoms with Gasteiger partial charge in [0.2, 0.25) is 0 Å². The van der Waals surface area contributed by atoms with Crippen molar-refractivity contribution in [3.8, 4) is 5.75 Å². The Bertz CT molecular complexity index is 686. The van der Waals surface area contributed by atoms with Crippen LogP contribution in [-0.4, -0.2) is 24.3 Å². The van der Waals surface area contributed by atoms with E-state index in [4.69, 9.17) is 9.47 Å². The van der Waals surface area contributed by atoms with Gasteiger partial charge in [0.05, 0.1) is 19.1 Å². The summed E-state index contributed by atoms with van der Waals surface area (Å²) in [6, 6.07) is 5.92. The molecule has 182 valence electrons. The van der Waals surface area contributed by atoms with Gasteiger partial charge in [-0.25, -0.2) is 0 Å². The molecule has 0 fully saturated rings. The number of aliphatic hydroxyl groups excluding tert-OH is 1. The Balaban J connectivity index is 2.01. The normalized spacial score (nSPS) is 19.8. The maximum Gasteiger partial charge on any atom is 0.311 e. The van der Waals surface area contributed by atoms with E-state index in [2.05, 4.69) is 26.8 Å². The van der Waals surface area contributed by atoms with Crippen LogP contribution >= 0.6 is 0 Å². The lowest BCUT2D eigenvalue weighted by Crippen LogP contribution is -2.26. The van der Waals surface area contributed by atoms with Crippen LogP contribution in [0.1, 0.15) is 109 Å². The molecule has 1 aromatic rings. The van der Waals surface area contributed by atoms with Gasteiger partial charge in [-0.05, 0) is 68.1 Å². The molecule has 1 aromatic carbocycles. The van der Waals surface area contributed by atoms with Gasteiger partial charge in [-0.1, -0.05) is 71.4 Å². The number of aryl methyl sites for hydroxylation is 1. The van der Waals surface area contributed by atoms with E-state index >= 15 is 0 Å². The van der Waals surface area contributed by atoms with Gasteiger partial charge in [0.1, 0.15) is 11.9 Å². The minimum atomic E-state index is -0.894. The van der Waals surface area contributed by atoms with Crippen molar-refractivity contribution in [2.45, 2.75) is 111 Å². The number of esters is 1. The van der Waals surface area contributed by atoms with Gasteiger partial charge < -0.3 is 14.6 Å². The van der Waals surface area contributed by atoms with E-state index in [1.165, 1.54) is 57.6 Å². The minimum absolute atomic E-state index is 0.226. The number of aliphatic hydroxyl groups is 1. The van der Waals surface area contributed by atoms with Gasteiger partial charge in [-0.15, -0.1) is 0 Å². The van der Waals surface area contributed by atoms with Crippen molar-refractivity contribution in [2.24, 2.45) is 17.8 Å². The maximum absolute atomic E-state index is 11.9. The number of hydrogen-bond donors (Lipinski definition) is 1. The topological polar surface area (TPSA) is 55.8 Å². The molecule has 2 rings (SSSR count). The molecule has 5 atom stereocenters. The highest BCUT2D eigenvalue weighted by atomic mass is 16.5. The Hall–Kier alpha value is -1.55. The number of methoxy groups -OCH3 is 1. The summed E-state index contributed by atoms with van der Waals surface area (Å²) in [5.41, 5.74) is 1.92. The van der Waals surface area contributed by atoms with Crippen LogP contribution in [0.15, 0.2) is 18.2 Å². The highest BCUT2D eigenvalue weighted by Crippen LogP contribution is 2.35. The minimum Gasteiger partial charge on any atom is -0.490 e. The summed E-state index contributed by atoms with van der Waals surface area (Å²) in [6.07, 6.45) is 12.8. The highest BCUT2D eigenvalue weighted by Gasteiger charge is 2.28. The van der Waals surface area contributed by atoms with Crippen molar-refractivity contribution in [1.29, 1.82) is 0 Å². The lowest BCUT2D eigenvalue weighted by atomic mass is 9.88. The van der Waals surface area contributed by atoms with E-state index in [0.29, 0.717) is 5.92 Å². The number of ether oxygens (including phenoxy) is 2. The number of carbonyl (C=O) groups excluding carboxylic acids is 1. The molecule has 0 radical (unpaired) electrons. The quantitative estimate of drug-likeness (QED) is 0.261. The molecule has 1 heterocycles. The largest absolute Gasteiger partial charge is 0.490 e. The van der Waals surface area contributed by atoms with Crippen molar-refractivity contribution >= 4 is 5.97 Å². The number of unbranched alkanes of at least 4 members (excludes halogenated alkanes) is 1. The van der Waals surface area contributed by atoms with Crippen molar-refractivity contribution in [3.05, 3.63) is 29.3 Å². The fourth-order valence-corrected chi connectivity index (χ4v) is 5.18. The molecule has 1 N–H and O–H groups in total. The Morgan fingerprint density at radius 1 is 1.16 bits per heavy atom. The highest BCUT2D eigenvalue weighted by molar-refractivity contribution is 5.72. The summed E-state index contributed by atoms with van der Waals surface area (Å²) in [6.45, 7) is 8.59. The zero-order valence-electron chi connectivity index (χ0n) is 21.1. The Labute approximate surface area is 196 Å². The second kappa shape index (κ2) is 13.9. The molecule has 4 heteroatoms. The second-order valence-corrected chi connectivity index (χ2v) is 9.69. The number of fused-ring (bicyclic) bond motifs is 1. The molecule has 0 aliphatic carbocycles. The van der Waals surface area contributed by atoms with Crippen LogP contribution in [0.25, 0.3) is 0 Å². The summed E-state index contributed by atoms with van der Waals surface area (Å²) < 4.78 is 11.4. The summed E-state index contributed by atoms with van der Waals surface area (Å²) in [5, 5.41) is 10.7. The fraction of sp³-hybridized carbons (Fsp3) is 0.750. The predicted octanol–water partition coefficient (Wildman–Crippen LogP) is 7.03. The average Bonchev–Trinajstić information content (AvgIpc) is 3.03. The van der Waals surface area contributed by atoms with Crippen LogP contribution in [0, 0.1) is 17.8 Å². The lowest BCUT2D eigenvalue weighted by Gasteiger charge is -2.27. The van der Waals surface area contributed by atoms with E-state index in [-0.39, 0.29) is 6.10 Å². The molecule has 32 heavy (non-hydrogen) atoms. The first-order valence-corrected chi connectivity index (χ1v) is 13.0. The van der Waals surface area contributed by atoms with E-state index < -0.39 is 18.0 Å². The summed E-state index contributed by atoms with van der Waals surface area (Å²) in [7, 11) is 1.35. The number of hydrogen-bond acceptors (Lipinski definition) is 4. The monoisotopic (exact) mass is 446 g/mol. The average molecular weight is 447 g/mol. The standard InChI is InChI=1S/C28H46O4/c1-6-12-21(7-2)13-9-10-14-22(8-3)25-16-11-15-23-17-18-24(19-26(23)32-25)27(29)20(4)28(30)31-5/h17-22,25,27,29H,6-16H2,1-5H3/t20-,21?,22?,25?,27+/m0/s1. The van der Waals surface area contributed by atoms with Crippen LogP contribution in [0.5, 0.6) is 5.75 Å². The Morgan fingerprint density at radius 3 is 2.56 bits per heavy atom. The SMILES string of the molecule is CCCC(CC)CCCCC(CC)C1CCCc2ccc([C@H](O)[C@H](C)C(=O)OC)cc2O1. The Kier molecular flexibility index (Phi) is 11.6. The van der Waals surface area contributed by atoms with Gasteiger partial charge in [-0.2, -0.15) is 0 Å². The third-order valence-corrected chi connectivity index (χ3v) is 7.45. The summed E-state index contributed by atoms with van der Waals surface area (Å²) >= 11 is 0. The van der Waals surface area contributed by atoms with Crippen LogP contribution in [0.3, 0.4) is 0 Å². The first-order chi connectivity index (χ1) is 15.4. The van der Waals surface area contributed by atoms with Crippen LogP contribution in [0.2, 0.25) is 0 Å². The summed E-state index contributed by atoms with van der Waals surface area (Å²) in [5.74, 6) is 1.32. The van der Waals surface area contributed by atoms with Crippen LogP contribution in [-0.2, 0) is 16.0 Å². The third kappa shape index (κ3) is 7.50. The van der Waals surface area contributed by atoms with E-state index in [9.17, 15) is 9.90 Å². The first kappa shape index (κ1) is 26.7. The van der Waals surface area contributed by atoms with Crippen molar-refractivity contribution in [3.63, 3.8) is 0 Å². The zero-order chi connectivity index (χ0) is 23.5. The van der Waals surface area contributed by atoms with Gasteiger partial charge in [0.15, 0.2) is 0 Å². The maximum atomic E-state index is 11.9. The molecule has 3 unspecified atom stereocenters. The van der Waals surface area contributed by atoms with E-state index in [0.717, 1.165) is 42.9 Å². The molecule has 0 amide bonds. The first-order valence-electron chi connectivity index (χ1n) is 13.0. The van der Waals surface area contributed by atoms with Gasteiger partial charge in [0, 0.05) is 0 Å². The van der Waals surface area contributed by atoms with E-state index in [1.54, 1.807) is 6.92 Å². The number of carbonyl (C=O) groups is 1. The molecular formula is C28H46O4. The second-order valence-electron chi connectivity index (χ2n) is 9.69. The number of benzene rings is 1. The molecule has 1 aliphatic heterocycles. The van der Waals surface area contributed by atoms with Gasteiger partial charge in [-0.3, -0.25) is 4.79 Å². The van der Waals surface area contributed by atoms with Crippen LogP contribution in [0.4, 0.5) is 0 Å². The molecule has 0 saturated heterocycles.